The van der Waals surface area contributed by atoms with E-state index < -0.39 is 0 Å². The van der Waals surface area contributed by atoms with Crippen molar-refractivity contribution in [3.05, 3.63) is 23.8 Å². The molecule has 11 heavy (non-hydrogen) atoms. The Bertz CT molecular complexity index is 163. The summed E-state index contributed by atoms with van der Waals surface area (Å²) in [5, 5.41) is 0. The second kappa shape index (κ2) is 4.38. The average molecular weight is 150 g/mol. The van der Waals surface area contributed by atoms with Crippen LogP contribution in [-0.4, -0.2) is 0 Å². The molecule has 0 saturated carbocycles. The van der Waals surface area contributed by atoms with Crippen molar-refractivity contribution in [3.63, 3.8) is 0 Å². The van der Waals surface area contributed by atoms with Crippen LogP contribution >= 0.6 is 0 Å². The zero-order valence-electron chi connectivity index (χ0n) is 7.64. The minimum absolute atomic E-state index is 0.687. The van der Waals surface area contributed by atoms with Crippen LogP contribution in [0.2, 0.25) is 0 Å². The second-order valence-corrected chi connectivity index (χ2v) is 3.42. The Labute approximate surface area is 70.0 Å². The topological polar surface area (TPSA) is 0 Å². The Morgan fingerprint density at radius 3 is 2.73 bits per heavy atom. The van der Waals surface area contributed by atoms with E-state index in [1.165, 1.54) is 25.7 Å². The second-order valence-electron chi connectivity index (χ2n) is 3.42. The predicted molar refractivity (Wildman–Crippen MR) is 50.5 cm³/mol. The van der Waals surface area contributed by atoms with Gasteiger partial charge in [0.1, 0.15) is 0 Å². The minimum atomic E-state index is 0.687. The molecule has 0 aromatic heterocycles. The van der Waals surface area contributed by atoms with Crippen molar-refractivity contribution >= 4 is 0 Å². The van der Waals surface area contributed by atoms with Gasteiger partial charge in [-0.05, 0) is 18.8 Å². The number of hydrogen-bond acceptors (Lipinski definition) is 0. The molecule has 0 radical (unpaired) electrons. The SMILES string of the molecule is CCCCCC1=CC(C)C=C1. The first-order valence-electron chi connectivity index (χ1n) is 4.72. The summed E-state index contributed by atoms with van der Waals surface area (Å²) < 4.78 is 0. The van der Waals surface area contributed by atoms with Gasteiger partial charge in [-0.3, -0.25) is 0 Å². The summed E-state index contributed by atoms with van der Waals surface area (Å²) in [5.41, 5.74) is 1.55. The van der Waals surface area contributed by atoms with Crippen molar-refractivity contribution < 1.29 is 0 Å². The first-order valence-corrected chi connectivity index (χ1v) is 4.72. The van der Waals surface area contributed by atoms with E-state index in [1.54, 1.807) is 5.57 Å². The smallest absolute Gasteiger partial charge is 0.00728 e. The molecule has 1 unspecified atom stereocenters. The van der Waals surface area contributed by atoms with Crippen LogP contribution in [0.25, 0.3) is 0 Å². The normalized spacial score (nSPS) is 22.4. The molecule has 0 amide bonds. The molecule has 0 saturated heterocycles. The highest BCUT2D eigenvalue weighted by Gasteiger charge is 2.02. The molecule has 1 aliphatic rings. The van der Waals surface area contributed by atoms with E-state index in [9.17, 15) is 0 Å². The molecule has 62 valence electrons. The molecular weight excluding hydrogens is 132 g/mol. The van der Waals surface area contributed by atoms with Crippen LogP contribution in [0.1, 0.15) is 39.5 Å². The van der Waals surface area contributed by atoms with Gasteiger partial charge in [0.2, 0.25) is 0 Å². The van der Waals surface area contributed by atoms with Gasteiger partial charge >= 0.3 is 0 Å². The third-order valence-electron chi connectivity index (χ3n) is 2.16. The van der Waals surface area contributed by atoms with E-state index in [0.717, 1.165) is 0 Å². The van der Waals surface area contributed by atoms with Crippen molar-refractivity contribution in [2.75, 3.05) is 0 Å². The van der Waals surface area contributed by atoms with Gasteiger partial charge in [-0.2, -0.15) is 0 Å². The maximum atomic E-state index is 2.37. The van der Waals surface area contributed by atoms with Crippen LogP contribution < -0.4 is 0 Å². The van der Waals surface area contributed by atoms with E-state index in [4.69, 9.17) is 0 Å². The van der Waals surface area contributed by atoms with Gasteiger partial charge in [0.25, 0.3) is 0 Å². The lowest BCUT2D eigenvalue weighted by atomic mass is 10.1. The first-order chi connectivity index (χ1) is 5.33. The van der Waals surface area contributed by atoms with Crippen molar-refractivity contribution in [2.45, 2.75) is 39.5 Å². The summed E-state index contributed by atoms with van der Waals surface area (Å²) in [6.45, 7) is 4.49. The highest BCUT2D eigenvalue weighted by atomic mass is 14.1. The van der Waals surface area contributed by atoms with Gasteiger partial charge in [-0.1, -0.05) is 50.5 Å². The van der Waals surface area contributed by atoms with Crippen molar-refractivity contribution in [3.8, 4) is 0 Å². The molecule has 0 aromatic rings. The number of hydrogen-bond donors (Lipinski definition) is 0. The van der Waals surface area contributed by atoms with Crippen LogP contribution in [0.3, 0.4) is 0 Å². The van der Waals surface area contributed by atoms with Gasteiger partial charge < -0.3 is 0 Å². The molecule has 0 heteroatoms. The third kappa shape index (κ3) is 2.92. The fourth-order valence-electron chi connectivity index (χ4n) is 1.47. The van der Waals surface area contributed by atoms with E-state index in [-0.39, 0.29) is 0 Å². The molecule has 0 nitrogen and oxygen atoms in total. The summed E-state index contributed by atoms with van der Waals surface area (Å²) >= 11 is 0. The highest BCUT2D eigenvalue weighted by molar-refractivity contribution is 5.28. The van der Waals surface area contributed by atoms with Crippen LogP contribution in [0.5, 0.6) is 0 Å². The highest BCUT2D eigenvalue weighted by Crippen LogP contribution is 2.19. The maximum Gasteiger partial charge on any atom is -0.00728 e. The Hall–Kier alpha value is -0.520. The number of allylic oxidation sites excluding steroid dienone is 4. The largest absolute Gasteiger partial charge is 0.0776 e. The molecule has 0 N–H and O–H groups in total. The predicted octanol–water partition coefficient (Wildman–Crippen LogP) is 3.70. The molecule has 0 spiro atoms. The molecule has 0 bridgehead atoms. The zero-order valence-corrected chi connectivity index (χ0v) is 7.64. The lowest BCUT2D eigenvalue weighted by molar-refractivity contribution is 0.718. The summed E-state index contributed by atoms with van der Waals surface area (Å²) in [7, 11) is 0. The van der Waals surface area contributed by atoms with E-state index in [1.807, 2.05) is 0 Å². The fraction of sp³-hybridized carbons (Fsp3) is 0.636. The molecule has 0 aliphatic heterocycles. The molecule has 0 fully saturated rings. The third-order valence-corrected chi connectivity index (χ3v) is 2.16. The molecule has 0 heterocycles. The van der Waals surface area contributed by atoms with Gasteiger partial charge in [0.15, 0.2) is 0 Å². The number of unbranched alkanes of at least 4 members (excludes halogenated alkanes) is 2. The molecule has 1 aliphatic carbocycles. The summed E-state index contributed by atoms with van der Waals surface area (Å²) in [5.74, 6) is 0.687. The minimum Gasteiger partial charge on any atom is -0.0776 e. The molecule has 0 aromatic carbocycles. The van der Waals surface area contributed by atoms with E-state index in [2.05, 4.69) is 32.1 Å². The van der Waals surface area contributed by atoms with Crippen LogP contribution in [0, 0.1) is 5.92 Å². The lowest BCUT2D eigenvalue weighted by Crippen LogP contribution is -1.79. The average Bonchev–Trinajstić information content (AvgIpc) is 2.37. The quantitative estimate of drug-likeness (QED) is 0.536. The molecule has 1 atom stereocenters. The van der Waals surface area contributed by atoms with E-state index >= 15 is 0 Å². The Morgan fingerprint density at radius 1 is 1.36 bits per heavy atom. The van der Waals surface area contributed by atoms with Gasteiger partial charge in [0, 0.05) is 0 Å². The van der Waals surface area contributed by atoms with Crippen molar-refractivity contribution in [2.24, 2.45) is 5.92 Å². The fourth-order valence-corrected chi connectivity index (χ4v) is 1.47. The van der Waals surface area contributed by atoms with Gasteiger partial charge in [0.05, 0.1) is 0 Å². The number of rotatable bonds is 4. The monoisotopic (exact) mass is 150 g/mol. The van der Waals surface area contributed by atoms with E-state index in [0.29, 0.717) is 5.92 Å². The summed E-state index contributed by atoms with van der Waals surface area (Å²) in [6, 6.07) is 0. The summed E-state index contributed by atoms with van der Waals surface area (Å²) in [6.07, 6.45) is 12.3. The zero-order chi connectivity index (χ0) is 8.10. The van der Waals surface area contributed by atoms with Crippen LogP contribution in [0.4, 0.5) is 0 Å². The van der Waals surface area contributed by atoms with Gasteiger partial charge in [-0.15, -0.1) is 0 Å². The summed E-state index contributed by atoms with van der Waals surface area (Å²) in [4.78, 5) is 0. The van der Waals surface area contributed by atoms with Crippen LogP contribution in [-0.2, 0) is 0 Å². The Kier molecular flexibility index (Phi) is 3.41. The maximum absolute atomic E-state index is 2.37. The Morgan fingerprint density at radius 2 is 2.18 bits per heavy atom. The van der Waals surface area contributed by atoms with Crippen LogP contribution in [0.15, 0.2) is 23.8 Å². The molecule has 1 rings (SSSR count). The molecular formula is C11H18. The standard InChI is InChI=1S/C11H18/c1-3-4-5-6-11-8-7-10(2)9-11/h7-10H,3-6H2,1-2H3. The Balaban J connectivity index is 2.18. The first kappa shape index (κ1) is 8.58. The van der Waals surface area contributed by atoms with Gasteiger partial charge in [-0.25, -0.2) is 0 Å². The van der Waals surface area contributed by atoms with Crippen molar-refractivity contribution in [1.29, 1.82) is 0 Å². The van der Waals surface area contributed by atoms with Crippen molar-refractivity contribution in [1.82, 2.24) is 0 Å². The lowest BCUT2D eigenvalue weighted by Gasteiger charge is -1.97.